The lowest BCUT2D eigenvalue weighted by Crippen LogP contribution is -2.44. The average molecular weight is 494 g/mol. The molecule has 2 aliphatic heterocycles. The Morgan fingerprint density at radius 2 is 1.86 bits per heavy atom. The first kappa shape index (κ1) is 25.7. The number of rotatable bonds is 8. The molecule has 0 radical (unpaired) electrons. The highest BCUT2D eigenvalue weighted by atomic mass is 16.5. The van der Waals surface area contributed by atoms with Crippen molar-refractivity contribution >= 4 is 17.6 Å². The number of likely N-dealkylation sites (tertiary alicyclic amines) is 1. The van der Waals surface area contributed by atoms with Crippen molar-refractivity contribution in [1.82, 2.24) is 9.91 Å². The van der Waals surface area contributed by atoms with Crippen LogP contribution in [0.5, 0.6) is 11.5 Å². The Morgan fingerprint density at radius 3 is 2.56 bits per heavy atom. The minimum atomic E-state index is -0.305. The van der Waals surface area contributed by atoms with Crippen molar-refractivity contribution in [1.29, 1.82) is 0 Å². The molecule has 36 heavy (non-hydrogen) atoms. The van der Waals surface area contributed by atoms with E-state index in [9.17, 15) is 9.59 Å². The van der Waals surface area contributed by atoms with Crippen LogP contribution in [0.3, 0.4) is 0 Å². The van der Waals surface area contributed by atoms with Gasteiger partial charge in [0.1, 0.15) is 11.5 Å². The maximum atomic E-state index is 13.6. The molecule has 0 bridgehead atoms. The molecule has 0 aromatic heterocycles. The Labute approximate surface area is 212 Å². The van der Waals surface area contributed by atoms with Crippen LogP contribution in [-0.2, 0) is 14.3 Å². The molecule has 2 aromatic rings. The molecule has 2 heterocycles. The zero-order valence-corrected chi connectivity index (χ0v) is 21.5. The number of benzene rings is 2. The minimum absolute atomic E-state index is 0.107. The van der Waals surface area contributed by atoms with Crippen molar-refractivity contribution in [3.05, 3.63) is 59.2 Å². The van der Waals surface area contributed by atoms with Crippen LogP contribution in [0.2, 0.25) is 0 Å². The zero-order chi connectivity index (χ0) is 25.7. The normalized spacial score (nSPS) is 20.1. The molecule has 2 aliphatic rings. The van der Waals surface area contributed by atoms with Crippen molar-refractivity contribution < 1.29 is 23.8 Å². The number of nitrogens with zero attached hydrogens (tertiary/aromatic N) is 3. The third-order valence-electron chi connectivity index (χ3n) is 6.83. The van der Waals surface area contributed by atoms with Gasteiger partial charge in [-0.2, -0.15) is 5.10 Å². The van der Waals surface area contributed by atoms with Gasteiger partial charge in [-0.3, -0.25) is 14.5 Å². The lowest BCUT2D eigenvalue weighted by molar-refractivity contribution is -0.150. The molecule has 1 amide bonds. The van der Waals surface area contributed by atoms with Crippen molar-refractivity contribution in [2.24, 2.45) is 11.0 Å². The summed E-state index contributed by atoms with van der Waals surface area (Å²) in [5.74, 6) is 0.845. The highest BCUT2D eigenvalue weighted by Gasteiger charge is 2.36. The number of aryl methyl sites for hydroxylation is 1. The molecule has 8 heteroatoms. The molecule has 192 valence electrons. The van der Waals surface area contributed by atoms with Crippen molar-refractivity contribution in [2.75, 3.05) is 40.5 Å². The monoisotopic (exact) mass is 493 g/mol. The smallest absolute Gasteiger partial charge is 0.310 e. The predicted octanol–water partition coefficient (Wildman–Crippen LogP) is 3.97. The molecular formula is C28H35N3O5. The first-order valence-electron chi connectivity index (χ1n) is 12.5. The van der Waals surface area contributed by atoms with E-state index in [0.29, 0.717) is 31.1 Å². The number of hydrazone groups is 1. The standard InChI is InChI=1S/C28H35N3O5/c1-5-36-28(33)21-7-6-14-30(17-21)18-27(32)31-25(23-13-12-22(34-3)15-26(23)35-4)16-24(29-31)20-10-8-19(2)9-11-20/h8-13,15,21,25H,5-7,14,16-18H2,1-4H3/t21-,25+/m1/s1. The fraction of sp³-hybridized carbons (Fsp3) is 0.464. The van der Waals surface area contributed by atoms with E-state index in [1.54, 1.807) is 19.2 Å². The largest absolute Gasteiger partial charge is 0.497 e. The molecule has 0 saturated carbocycles. The van der Waals surface area contributed by atoms with Crippen molar-refractivity contribution in [3.8, 4) is 11.5 Å². The maximum Gasteiger partial charge on any atom is 0.310 e. The molecule has 0 N–H and O–H groups in total. The van der Waals surface area contributed by atoms with Gasteiger partial charge in [-0.05, 0) is 50.9 Å². The fourth-order valence-corrected chi connectivity index (χ4v) is 4.91. The van der Waals surface area contributed by atoms with Gasteiger partial charge in [0.15, 0.2) is 0 Å². The number of hydrogen-bond acceptors (Lipinski definition) is 7. The summed E-state index contributed by atoms with van der Waals surface area (Å²) < 4.78 is 16.2. The number of esters is 1. The molecule has 0 aliphatic carbocycles. The Bertz CT molecular complexity index is 1110. The summed E-state index contributed by atoms with van der Waals surface area (Å²) in [5.41, 5.74) is 3.89. The summed E-state index contributed by atoms with van der Waals surface area (Å²) in [5, 5.41) is 6.40. The number of hydrogen-bond donors (Lipinski definition) is 0. The second-order valence-corrected chi connectivity index (χ2v) is 9.31. The zero-order valence-electron chi connectivity index (χ0n) is 21.5. The van der Waals surface area contributed by atoms with E-state index in [2.05, 4.69) is 12.1 Å². The van der Waals surface area contributed by atoms with Gasteiger partial charge in [0.05, 0.1) is 45.0 Å². The topological polar surface area (TPSA) is 80.7 Å². The lowest BCUT2D eigenvalue weighted by Gasteiger charge is -2.32. The van der Waals surface area contributed by atoms with Crippen LogP contribution in [-0.4, -0.2) is 68.0 Å². The van der Waals surface area contributed by atoms with E-state index in [1.807, 2.05) is 49.1 Å². The summed E-state index contributed by atoms with van der Waals surface area (Å²) in [7, 11) is 3.23. The van der Waals surface area contributed by atoms with Gasteiger partial charge < -0.3 is 14.2 Å². The summed E-state index contributed by atoms with van der Waals surface area (Å²) in [4.78, 5) is 28.0. The Kier molecular flexibility index (Phi) is 8.25. The second-order valence-electron chi connectivity index (χ2n) is 9.31. The number of carbonyl (C=O) groups excluding carboxylic acids is 2. The lowest BCUT2D eigenvalue weighted by atomic mass is 9.96. The van der Waals surface area contributed by atoms with E-state index < -0.39 is 0 Å². The van der Waals surface area contributed by atoms with Gasteiger partial charge in [-0.1, -0.05) is 29.8 Å². The van der Waals surface area contributed by atoms with Crippen LogP contribution in [0.15, 0.2) is 47.6 Å². The predicted molar refractivity (Wildman–Crippen MR) is 137 cm³/mol. The second kappa shape index (κ2) is 11.6. The fourth-order valence-electron chi connectivity index (χ4n) is 4.91. The maximum absolute atomic E-state index is 13.6. The van der Waals surface area contributed by atoms with Gasteiger partial charge in [-0.15, -0.1) is 0 Å². The number of amides is 1. The summed E-state index contributed by atoms with van der Waals surface area (Å²) in [6, 6.07) is 13.5. The van der Waals surface area contributed by atoms with Crippen molar-refractivity contribution in [3.63, 3.8) is 0 Å². The van der Waals surface area contributed by atoms with E-state index in [0.717, 1.165) is 36.2 Å². The summed E-state index contributed by atoms with van der Waals surface area (Å²) in [6.45, 7) is 5.69. The molecule has 2 atom stereocenters. The van der Waals surface area contributed by atoms with E-state index in [1.165, 1.54) is 5.56 Å². The first-order chi connectivity index (χ1) is 17.4. The van der Waals surface area contributed by atoms with Crippen LogP contribution in [0.4, 0.5) is 0 Å². The van der Waals surface area contributed by atoms with Crippen LogP contribution in [0, 0.1) is 12.8 Å². The molecule has 0 unspecified atom stereocenters. The van der Waals surface area contributed by atoms with Crippen LogP contribution >= 0.6 is 0 Å². The number of methoxy groups -OCH3 is 2. The van der Waals surface area contributed by atoms with Crippen LogP contribution in [0.25, 0.3) is 0 Å². The Morgan fingerprint density at radius 1 is 1.08 bits per heavy atom. The Hall–Kier alpha value is -3.39. The molecule has 8 nitrogen and oxygen atoms in total. The van der Waals surface area contributed by atoms with Gasteiger partial charge in [-0.25, -0.2) is 5.01 Å². The van der Waals surface area contributed by atoms with Crippen molar-refractivity contribution in [2.45, 2.75) is 39.2 Å². The van der Waals surface area contributed by atoms with Crippen LogP contribution in [0.1, 0.15) is 48.9 Å². The summed E-state index contributed by atoms with van der Waals surface area (Å²) >= 11 is 0. The SMILES string of the molecule is CCOC(=O)[C@@H]1CCCN(CC(=O)N2N=C(c3ccc(C)cc3)C[C@H]2c2ccc(OC)cc2OC)C1. The third kappa shape index (κ3) is 5.70. The van der Waals surface area contributed by atoms with Gasteiger partial charge in [0.25, 0.3) is 5.91 Å². The first-order valence-corrected chi connectivity index (χ1v) is 12.5. The van der Waals surface area contributed by atoms with Gasteiger partial charge in [0, 0.05) is 24.6 Å². The molecule has 0 spiro atoms. The third-order valence-corrected chi connectivity index (χ3v) is 6.83. The molecule has 1 fully saturated rings. The van der Waals surface area contributed by atoms with E-state index in [-0.39, 0.29) is 30.4 Å². The van der Waals surface area contributed by atoms with E-state index >= 15 is 0 Å². The summed E-state index contributed by atoms with van der Waals surface area (Å²) in [6.07, 6.45) is 2.21. The van der Waals surface area contributed by atoms with E-state index in [4.69, 9.17) is 19.3 Å². The molecule has 1 saturated heterocycles. The number of ether oxygens (including phenoxy) is 3. The molecular weight excluding hydrogens is 458 g/mol. The quantitative estimate of drug-likeness (QED) is 0.518. The molecule has 4 rings (SSSR count). The van der Waals surface area contributed by atoms with Gasteiger partial charge in [0.2, 0.25) is 0 Å². The minimum Gasteiger partial charge on any atom is -0.497 e. The average Bonchev–Trinajstić information content (AvgIpc) is 3.34. The highest BCUT2D eigenvalue weighted by molar-refractivity contribution is 6.03. The Balaban J connectivity index is 1.59. The molecule has 2 aromatic carbocycles. The number of carbonyl (C=O) groups is 2. The number of piperidine rings is 1. The highest BCUT2D eigenvalue weighted by Crippen LogP contribution is 2.39. The van der Waals surface area contributed by atoms with Gasteiger partial charge >= 0.3 is 5.97 Å². The van der Waals surface area contributed by atoms with Crippen LogP contribution < -0.4 is 9.47 Å².